The van der Waals surface area contributed by atoms with Crippen LogP contribution in [0.3, 0.4) is 0 Å². The molecule has 0 radical (unpaired) electrons. The number of hydrogen-bond donors (Lipinski definition) is 2. The predicted octanol–water partition coefficient (Wildman–Crippen LogP) is 3.56. The van der Waals surface area contributed by atoms with E-state index < -0.39 is 0 Å². The molecule has 0 amide bonds. The molecule has 0 saturated carbocycles. The Labute approximate surface area is 124 Å². The van der Waals surface area contributed by atoms with Gasteiger partial charge in [0.05, 0.1) is 13.2 Å². The lowest BCUT2D eigenvalue weighted by Gasteiger charge is -2.21. The number of methoxy groups -OCH3 is 1. The fraction of sp³-hybridized carbons (Fsp3) is 0.294. The van der Waals surface area contributed by atoms with E-state index in [0.717, 1.165) is 11.3 Å². The Morgan fingerprint density at radius 1 is 1.19 bits per heavy atom. The second kappa shape index (κ2) is 6.59. The first-order valence-corrected chi connectivity index (χ1v) is 6.92. The summed E-state index contributed by atoms with van der Waals surface area (Å²) < 4.78 is 18.4. The third-order valence-corrected chi connectivity index (χ3v) is 3.53. The first kappa shape index (κ1) is 15.3. The summed E-state index contributed by atoms with van der Waals surface area (Å²) in [4.78, 5) is 0. The zero-order chi connectivity index (χ0) is 15.4. The van der Waals surface area contributed by atoms with E-state index in [9.17, 15) is 4.39 Å². The number of hydrogen-bond acceptors (Lipinski definition) is 3. The van der Waals surface area contributed by atoms with Crippen LogP contribution in [0.1, 0.15) is 22.7 Å². The van der Waals surface area contributed by atoms with Gasteiger partial charge in [0.25, 0.3) is 0 Å². The maximum atomic E-state index is 13.4. The summed E-state index contributed by atoms with van der Waals surface area (Å²) >= 11 is 0. The molecule has 1 atom stereocenters. The average molecular weight is 288 g/mol. The molecule has 2 aromatic carbocycles. The predicted molar refractivity (Wildman–Crippen MR) is 84.3 cm³/mol. The molecule has 0 aliphatic carbocycles. The summed E-state index contributed by atoms with van der Waals surface area (Å²) in [6, 6.07) is 11.0. The highest BCUT2D eigenvalue weighted by atomic mass is 19.1. The molecule has 0 saturated heterocycles. The number of benzene rings is 2. The van der Waals surface area contributed by atoms with Gasteiger partial charge in [0.1, 0.15) is 0 Å². The summed E-state index contributed by atoms with van der Waals surface area (Å²) in [6.07, 6.45) is 0. The minimum Gasteiger partial charge on any atom is -0.494 e. The molecule has 21 heavy (non-hydrogen) atoms. The van der Waals surface area contributed by atoms with Crippen LogP contribution < -0.4 is 15.8 Å². The van der Waals surface area contributed by atoms with Crippen molar-refractivity contribution in [2.24, 2.45) is 5.73 Å². The Kier molecular flexibility index (Phi) is 4.81. The molecule has 1 unspecified atom stereocenters. The lowest BCUT2D eigenvalue weighted by atomic mass is 9.99. The van der Waals surface area contributed by atoms with Crippen molar-refractivity contribution in [3.8, 4) is 5.75 Å². The standard InChI is InChI=1S/C17H21FN2O/c1-11-4-6-14(12(2)8-11)16(10-19)20-13-5-7-15(18)17(9-13)21-3/h4-9,16,20H,10,19H2,1-3H3. The zero-order valence-corrected chi connectivity index (χ0v) is 12.6. The van der Waals surface area contributed by atoms with Gasteiger partial charge >= 0.3 is 0 Å². The molecular weight excluding hydrogens is 267 g/mol. The lowest BCUT2D eigenvalue weighted by molar-refractivity contribution is 0.386. The maximum absolute atomic E-state index is 13.4. The average Bonchev–Trinajstić information content (AvgIpc) is 2.47. The summed E-state index contributed by atoms with van der Waals surface area (Å²) in [6.45, 7) is 4.58. The van der Waals surface area contributed by atoms with Crippen LogP contribution in [0.15, 0.2) is 36.4 Å². The van der Waals surface area contributed by atoms with E-state index in [-0.39, 0.29) is 17.6 Å². The van der Waals surface area contributed by atoms with Crippen LogP contribution in [0.25, 0.3) is 0 Å². The van der Waals surface area contributed by atoms with Gasteiger partial charge in [-0.05, 0) is 37.1 Å². The van der Waals surface area contributed by atoms with Crippen LogP contribution in [-0.2, 0) is 0 Å². The molecule has 0 fully saturated rings. The van der Waals surface area contributed by atoms with Crippen molar-refractivity contribution < 1.29 is 9.13 Å². The molecule has 0 aliphatic heterocycles. The quantitative estimate of drug-likeness (QED) is 0.884. The van der Waals surface area contributed by atoms with E-state index in [1.54, 1.807) is 12.1 Å². The monoisotopic (exact) mass is 288 g/mol. The summed E-state index contributed by atoms with van der Waals surface area (Å²) in [5.74, 6) is -0.157. The van der Waals surface area contributed by atoms with E-state index in [1.165, 1.54) is 24.3 Å². The largest absolute Gasteiger partial charge is 0.494 e. The Hall–Kier alpha value is -2.07. The van der Waals surface area contributed by atoms with Crippen molar-refractivity contribution in [2.75, 3.05) is 19.0 Å². The van der Waals surface area contributed by atoms with Gasteiger partial charge < -0.3 is 15.8 Å². The van der Waals surface area contributed by atoms with E-state index >= 15 is 0 Å². The SMILES string of the molecule is COc1cc(NC(CN)c2ccc(C)cc2C)ccc1F. The highest BCUT2D eigenvalue weighted by Crippen LogP contribution is 2.26. The van der Waals surface area contributed by atoms with Crippen molar-refractivity contribution in [1.29, 1.82) is 0 Å². The van der Waals surface area contributed by atoms with Crippen molar-refractivity contribution in [3.63, 3.8) is 0 Å². The maximum Gasteiger partial charge on any atom is 0.165 e. The van der Waals surface area contributed by atoms with Crippen molar-refractivity contribution in [1.82, 2.24) is 0 Å². The van der Waals surface area contributed by atoms with Gasteiger partial charge in [0, 0.05) is 18.3 Å². The van der Waals surface area contributed by atoms with Gasteiger partial charge in [0.15, 0.2) is 11.6 Å². The molecule has 0 aromatic heterocycles. The van der Waals surface area contributed by atoms with Gasteiger partial charge in [0.2, 0.25) is 0 Å². The number of anilines is 1. The first-order chi connectivity index (χ1) is 10.0. The van der Waals surface area contributed by atoms with Gasteiger partial charge in [-0.25, -0.2) is 4.39 Å². The molecule has 0 aliphatic rings. The fourth-order valence-electron chi connectivity index (χ4n) is 2.43. The highest BCUT2D eigenvalue weighted by Gasteiger charge is 2.13. The van der Waals surface area contributed by atoms with Crippen molar-refractivity contribution in [3.05, 3.63) is 58.9 Å². The van der Waals surface area contributed by atoms with Crippen molar-refractivity contribution in [2.45, 2.75) is 19.9 Å². The normalized spacial score (nSPS) is 12.0. The number of halogens is 1. The molecule has 0 bridgehead atoms. The minimum atomic E-state index is -0.376. The van der Waals surface area contributed by atoms with Gasteiger partial charge in [-0.1, -0.05) is 23.8 Å². The van der Waals surface area contributed by atoms with E-state index in [2.05, 4.69) is 37.4 Å². The van der Waals surface area contributed by atoms with Crippen LogP contribution in [0.2, 0.25) is 0 Å². The highest BCUT2D eigenvalue weighted by molar-refractivity contribution is 5.51. The summed E-state index contributed by atoms with van der Waals surface area (Å²) in [5, 5.41) is 3.34. The number of aryl methyl sites for hydroxylation is 2. The zero-order valence-electron chi connectivity index (χ0n) is 12.6. The fourth-order valence-corrected chi connectivity index (χ4v) is 2.43. The van der Waals surface area contributed by atoms with E-state index in [0.29, 0.717) is 6.54 Å². The summed E-state index contributed by atoms with van der Waals surface area (Å²) in [5.41, 5.74) is 10.2. The summed E-state index contributed by atoms with van der Waals surface area (Å²) in [7, 11) is 1.45. The number of ether oxygens (including phenoxy) is 1. The second-order valence-corrected chi connectivity index (χ2v) is 5.14. The molecule has 3 nitrogen and oxygen atoms in total. The van der Waals surface area contributed by atoms with Gasteiger partial charge in [-0.3, -0.25) is 0 Å². The molecular formula is C17H21FN2O. The number of nitrogens with one attached hydrogen (secondary N) is 1. The Bertz CT molecular complexity index is 628. The smallest absolute Gasteiger partial charge is 0.165 e. The molecule has 0 spiro atoms. The van der Waals surface area contributed by atoms with Crippen LogP contribution in [0, 0.1) is 19.7 Å². The molecule has 2 rings (SSSR count). The van der Waals surface area contributed by atoms with Crippen LogP contribution >= 0.6 is 0 Å². The second-order valence-electron chi connectivity index (χ2n) is 5.14. The Balaban J connectivity index is 2.26. The van der Waals surface area contributed by atoms with E-state index in [4.69, 9.17) is 10.5 Å². The van der Waals surface area contributed by atoms with Crippen LogP contribution in [0.4, 0.5) is 10.1 Å². The topological polar surface area (TPSA) is 47.3 Å². The number of nitrogens with two attached hydrogens (primary N) is 1. The van der Waals surface area contributed by atoms with Crippen LogP contribution in [-0.4, -0.2) is 13.7 Å². The molecule has 2 aromatic rings. The Morgan fingerprint density at radius 3 is 2.57 bits per heavy atom. The lowest BCUT2D eigenvalue weighted by Crippen LogP contribution is -2.21. The molecule has 112 valence electrons. The molecule has 3 N–H and O–H groups in total. The first-order valence-electron chi connectivity index (χ1n) is 6.92. The third-order valence-electron chi connectivity index (χ3n) is 3.53. The van der Waals surface area contributed by atoms with E-state index in [1.807, 2.05) is 0 Å². The molecule has 4 heteroatoms. The minimum absolute atomic E-state index is 0.0271. The Morgan fingerprint density at radius 2 is 1.95 bits per heavy atom. The number of rotatable bonds is 5. The van der Waals surface area contributed by atoms with Crippen molar-refractivity contribution >= 4 is 5.69 Å². The molecule has 0 heterocycles. The van der Waals surface area contributed by atoms with Gasteiger partial charge in [-0.15, -0.1) is 0 Å². The van der Waals surface area contributed by atoms with Gasteiger partial charge in [-0.2, -0.15) is 0 Å². The third kappa shape index (κ3) is 3.52. The van der Waals surface area contributed by atoms with Crippen LogP contribution in [0.5, 0.6) is 5.75 Å².